The summed E-state index contributed by atoms with van der Waals surface area (Å²) >= 11 is 0. The molecule has 3 aromatic carbocycles. The maximum absolute atomic E-state index is 12.8. The SMILES string of the molecule is O=C(Nc1cc(-c2ccc3ncn(Cc4ccccc4)c3c2)[nH]n1)c1ccc(C2CNCCO2)cc1. The van der Waals surface area contributed by atoms with Crippen molar-refractivity contribution in [2.75, 3.05) is 25.0 Å². The fourth-order valence-corrected chi connectivity index (χ4v) is 4.48. The van der Waals surface area contributed by atoms with Crippen LogP contribution in [0, 0.1) is 0 Å². The van der Waals surface area contributed by atoms with Crippen LogP contribution >= 0.6 is 0 Å². The molecule has 0 radical (unpaired) electrons. The highest BCUT2D eigenvalue weighted by Crippen LogP contribution is 2.25. The van der Waals surface area contributed by atoms with Crippen molar-refractivity contribution in [2.45, 2.75) is 12.6 Å². The normalized spacial score (nSPS) is 15.7. The minimum Gasteiger partial charge on any atom is -0.371 e. The molecule has 1 aliphatic heterocycles. The van der Waals surface area contributed by atoms with E-state index in [1.54, 1.807) is 0 Å². The van der Waals surface area contributed by atoms with Gasteiger partial charge in [0.25, 0.3) is 5.91 Å². The van der Waals surface area contributed by atoms with E-state index in [0.717, 1.165) is 47.5 Å². The zero-order chi connectivity index (χ0) is 24.3. The van der Waals surface area contributed by atoms with E-state index in [1.165, 1.54) is 5.56 Å². The Kier molecular flexibility index (Phi) is 6.03. The Balaban J connectivity index is 1.16. The number of fused-ring (bicyclic) bond motifs is 1. The van der Waals surface area contributed by atoms with E-state index in [4.69, 9.17) is 4.74 Å². The highest BCUT2D eigenvalue weighted by molar-refractivity contribution is 6.04. The van der Waals surface area contributed by atoms with Crippen LogP contribution in [-0.4, -0.2) is 45.4 Å². The minimum absolute atomic E-state index is 0.0195. The number of carbonyl (C=O) groups excluding carboxylic acids is 1. The molecule has 1 unspecified atom stereocenters. The summed E-state index contributed by atoms with van der Waals surface area (Å²) in [5.74, 6) is 0.260. The number of rotatable bonds is 6. The first kappa shape index (κ1) is 22.2. The third kappa shape index (κ3) is 4.64. The van der Waals surface area contributed by atoms with Gasteiger partial charge < -0.3 is 19.9 Å². The van der Waals surface area contributed by atoms with Crippen molar-refractivity contribution in [2.24, 2.45) is 0 Å². The number of nitrogens with zero attached hydrogens (tertiary/aromatic N) is 3. The summed E-state index contributed by atoms with van der Waals surface area (Å²) in [7, 11) is 0. The maximum atomic E-state index is 12.8. The number of anilines is 1. The predicted octanol–water partition coefficient (Wildman–Crippen LogP) is 4.39. The molecule has 1 aliphatic rings. The highest BCUT2D eigenvalue weighted by atomic mass is 16.5. The molecular formula is C28H26N6O2. The predicted molar refractivity (Wildman–Crippen MR) is 139 cm³/mol. The van der Waals surface area contributed by atoms with Gasteiger partial charge in [0.2, 0.25) is 0 Å². The summed E-state index contributed by atoms with van der Waals surface area (Å²) in [6.45, 7) is 3.08. The molecule has 6 rings (SSSR count). The van der Waals surface area contributed by atoms with Crippen LogP contribution in [0.15, 0.2) is 85.2 Å². The molecule has 0 aliphatic carbocycles. The van der Waals surface area contributed by atoms with E-state index in [9.17, 15) is 4.79 Å². The topological polar surface area (TPSA) is 96.9 Å². The van der Waals surface area contributed by atoms with Gasteiger partial charge in [-0.1, -0.05) is 48.5 Å². The van der Waals surface area contributed by atoms with E-state index in [1.807, 2.05) is 67.0 Å². The average Bonchev–Trinajstić information content (AvgIpc) is 3.57. The van der Waals surface area contributed by atoms with E-state index in [-0.39, 0.29) is 12.0 Å². The molecule has 1 fully saturated rings. The van der Waals surface area contributed by atoms with Crippen molar-refractivity contribution in [1.29, 1.82) is 0 Å². The molecule has 36 heavy (non-hydrogen) atoms. The zero-order valence-electron chi connectivity index (χ0n) is 19.6. The van der Waals surface area contributed by atoms with Crippen LogP contribution in [0.3, 0.4) is 0 Å². The quantitative estimate of drug-likeness (QED) is 0.336. The molecule has 3 heterocycles. The molecule has 1 amide bonds. The largest absolute Gasteiger partial charge is 0.371 e. The zero-order valence-corrected chi connectivity index (χ0v) is 19.6. The number of amides is 1. The van der Waals surface area contributed by atoms with Crippen molar-refractivity contribution >= 4 is 22.8 Å². The highest BCUT2D eigenvalue weighted by Gasteiger charge is 2.17. The summed E-state index contributed by atoms with van der Waals surface area (Å²) in [4.78, 5) is 17.3. The Morgan fingerprint density at radius 3 is 2.72 bits per heavy atom. The van der Waals surface area contributed by atoms with Gasteiger partial charge in [-0.2, -0.15) is 5.10 Å². The van der Waals surface area contributed by atoms with Gasteiger partial charge in [-0.3, -0.25) is 9.89 Å². The lowest BCUT2D eigenvalue weighted by molar-refractivity contribution is 0.0277. The molecule has 8 heteroatoms. The first-order chi connectivity index (χ1) is 17.7. The van der Waals surface area contributed by atoms with Gasteiger partial charge in [0.1, 0.15) is 0 Å². The number of morpholine rings is 1. The molecule has 2 aromatic heterocycles. The van der Waals surface area contributed by atoms with Crippen LogP contribution in [0.4, 0.5) is 5.82 Å². The minimum atomic E-state index is -0.210. The third-order valence-corrected chi connectivity index (χ3v) is 6.42. The molecule has 0 saturated carbocycles. The molecule has 0 spiro atoms. The van der Waals surface area contributed by atoms with E-state index in [2.05, 4.69) is 48.6 Å². The number of imidazole rings is 1. The number of H-pyrrole nitrogens is 1. The summed E-state index contributed by atoms with van der Waals surface area (Å²) in [6.07, 6.45) is 1.88. The Labute approximate surface area is 208 Å². The van der Waals surface area contributed by atoms with Gasteiger partial charge in [-0.25, -0.2) is 4.98 Å². The Morgan fingerprint density at radius 2 is 1.92 bits per heavy atom. The average molecular weight is 479 g/mol. The summed E-state index contributed by atoms with van der Waals surface area (Å²) < 4.78 is 7.91. The van der Waals surface area contributed by atoms with Crippen LogP contribution < -0.4 is 10.6 Å². The number of hydrogen-bond acceptors (Lipinski definition) is 5. The number of ether oxygens (including phenoxy) is 1. The van der Waals surface area contributed by atoms with Gasteiger partial charge in [-0.05, 0) is 35.4 Å². The van der Waals surface area contributed by atoms with E-state index < -0.39 is 0 Å². The van der Waals surface area contributed by atoms with Crippen molar-refractivity contribution in [3.8, 4) is 11.3 Å². The van der Waals surface area contributed by atoms with Crippen LogP contribution in [0.2, 0.25) is 0 Å². The van der Waals surface area contributed by atoms with Crippen molar-refractivity contribution in [3.05, 3.63) is 102 Å². The summed E-state index contributed by atoms with van der Waals surface area (Å²) in [6, 6.07) is 25.7. The number of hydrogen-bond donors (Lipinski definition) is 3. The van der Waals surface area contributed by atoms with Crippen LogP contribution in [0.5, 0.6) is 0 Å². The Bertz CT molecular complexity index is 1480. The Morgan fingerprint density at radius 1 is 1.06 bits per heavy atom. The Hall–Kier alpha value is -4.27. The molecule has 180 valence electrons. The van der Waals surface area contributed by atoms with Crippen molar-refractivity contribution in [3.63, 3.8) is 0 Å². The lowest BCUT2D eigenvalue weighted by Gasteiger charge is -2.24. The lowest BCUT2D eigenvalue weighted by atomic mass is 10.1. The number of benzene rings is 3. The van der Waals surface area contributed by atoms with Crippen LogP contribution in [0.25, 0.3) is 22.3 Å². The fraction of sp³-hybridized carbons (Fsp3) is 0.179. The second kappa shape index (κ2) is 9.77. The molecular weight excluding hydrogens is 452 g/mol. The second-order valence-corrected chi connectivity index (χ2v) is 8.87. The van der Waals surface area contributed by atoms with Crippen molar-refractivity contribution < 1.29 is 9.53 Å². The summed E-state index contributed by atoms with van der Waals surface area (Å²) in [5.41, 5.74) is 6.59. The van der Waals surface area contributed by atoms with Gasteiger partial charge in [0, 0.05) is 36.8 Å². The van der Waals surface area contributed by atoms with Gasteiger partial charge in [-0.15, -0.1) is 0 Å². The summed E-state index contributed by atoms with van der Waals surface area (Å²) in [5, 5.41) is 13.5. The van der Waals surface area contributed by atoms with E-state index in [0.29, 0.717) is 18.0 Å². The van der Waals surface area contributed by atoms with Gasteiger partial charge >= 0.3 is 0 Å². The maximum Gasteiger partial charge on any atom is 0.256 e. The first-order valence-electron chi connectivity index (χ1n) is 12.0. The number of aromatic nitrogens is 4. The third-order valence-electron chi connectivity index (χ3n) is 6.42. The molecule has 3 N–H and O–H groups in total. The van der Waals surface area contributed by atoms with Gasteiger partial charge in [0.05, 0.1) is 35.8 Å². The standard InChI is InChI=1S/C28H26N6O2/c35-28(21-8-6-20(7-9-21)26-16-29-12-13-36-26)31-27-15-24(32-33-27)22-10-11-23-25(14-22)34(18-30-23)17-19-4-2-1-3-5-19/h1-11,14-15,18,26,29H,12-13,16-17H2,(H2,31,32,33,35). The molecule has 5 aromatic rings. The van der Waals surface area contributed by atoms with E-state index >= 15 is 0 Å². The number of nitrogens with one attached hydrogen (secondary N) is 3. The lowest BCUT2D eigenvalue weighted by Crippen LogP contribution is -2.33. The molecule has 8 nitrogen and oxygen atoms in total. The van der Waals surface area contributed by atoms with Gasteiger partial charge in [0.15, 0.2) is 5.82 Å². The monoisotopic (exact) mass is 478 g/mol. The molecule has 0 bridgehead atoms. The molecule has 1 saturated heterocycles. The number of aromatic amines is 1. The van der Waals surface area contributed by atoms with Crippen LogP contribution in [0.1, 0.15) is 27.6 Å². The van der Waals surface area contributed by atoms with Crippen molar-refractivity contribution in [1.82, 2.24) is 25.1 Å². The second-order valence-electron chi connectivity index (χ2n) is 8.87. The van der Waals surface area contributed by atoms with Crippen LogP contribution in [-0.2, 0) is 11.3 Å². The smallest absolute Gasteiger partial charge is 0.256 e. The molecule has 1 atom stereocenters. The first-order valence-corrected chi connectivity index (χ1v) is 12.0. The number of carbonyl (C=O) groups is 1. The fourth-order valence-electron chi connectivity index (χ4n) is 4.48.